The van der Waals surface area contributed by atoms with Gasteiger partial charge in [0.25, 0.3) is 0 Å². The minimum Gasteiger partial charge on any atom is -0.481 e. The lowest BCUT2D eigenvalue weighted by molar-refractivity contribution is -0.139. The Kier molecular flexibility index (Phi) is 4.28. The Labute approximate surface area is 137 Å². The number of nitrogens with zero attached hydrogens (tertiary/aromatic N) is 1. The van der Waals surface area contributed by atoms with Crippen LogP contribution in [0.5, 0.6) is 0 Å². The Balaban J connectivity index is 1.77. The highest BCUT2D eigenvalue weighted by molar-refractivity contribution is 5.90. The summed E-state index contributed by atoms with van der Waals surface area (Å²) in [6.45, 7) is 2.18. The molecular formula is C17H19FN2O4. The number of amides is 1. The molecule has 1 aliphatic rings. The summed E-state index contributed by atoms with van der Waals surface area (Å²) < 4.78 is 13.5. The third-order valence-electron chi connectivity index (χ3n) is 4.61. The molecule has 128 valence electrons. The molecule has 0 bridgehead atoms. The zero-order valence-corrected chi connectivity index (χ0v) is 13.3. The average molecular weight is 334 g/mol. The van der Waals surface area contributed by atoms with Crippen LogP contribution in [0.3, 0.4) is 0 Å². The second kappa shape index (κ2) is 6.24. The number of hydrogen-bond donors (Lipinski definition) is 3. The summed E-state index contributed by atoms with van der Waals surface area (Å²) >= 11 is 0. The van der Waals surface area contributed by atoms with Gasteiger partial charge < -0.3 is 20.1 Å². The first kappa shape index (κ1) is 16.4. The van der Waals surface area contributed by atoms with Crippen LogP contribution in [0.2, 0.25) is 0 Å². The number of carboxylic acid groups (broad SMARTS) is 1. The number of aromatic nitrogens is 1. The summed E-state index contributed by atoms with van der Waals surface area (Å²) in [4.78, 5) is 27.9. The van der Waals surface area contributed by atoms with Crippen LogP contribution in [0.4, 0.5) is 4.39 Å². The molecule has 3 N–H and O–H groups in total. The number of aromatic amines is 1. The second-order valence-electron chi connectivity index (χ2n) is 6.32. The van der Waals surface area contributed by atoms with Gasteiger partial charge in [0.2, 0.25) is 5.91 Å². The Morgan fingerprint density at radius 1 is 1.38 bits per heavy atom. The lowest BCUT2D eigenvalue weighted by atomic mass is 10.0. The first-order chi connectivity index (χ1) is 11.3. The fourth-order valence-electron chi connectivity index (χ4n) is 3.33. The van der Waals surface area contributed by atoms with Gasteiger partial charge in [0.05, 0.1) is 18.9 Å². The number of fused-ring (bicyclic) bond motifs is 1. The number of aliphatic hydroxyl groups excluding tert-OH is 1. The molecule has 24 heavy (non-hydrogen) atoms. The van der Waals surface area contributed by atoms with Crippen molar-refractivity contribution in [1.82, 2.24) is 9.88 Å². The molecule has 1 saturated heterocycles. The molecule has 1 aromatic carbocycles. The quantitative estimate of drug-likeness (QED) is 0.789. The molecule has 2 atom stereocenters. The minimum atomic E-state index is -0.990. The summed E-state index contributed by atoms with van der Waals surface area (Å²) in [5, 5.41) is 19.5. The van der Waals surface area contributed by atoms with E-state index >= 15 is 0 Å². The highest BCUT2D eigenvalue weighted by Crippen LogP contribution is 2.26. The maximum Gasteiger partial charge on any atom is 0.303 e. The average Bonchev–Trinajstić information content (AvgIpc) is 3.00. The third-order valence-corrected chi connectivity index (χ3v) is 4.61. The first-order valence-corrected chi connectivity index (χ1v) is 7.79. The maximum atomic E-state index is 13.5. The number of aliphatic carboxylic acids is 1. The molecule has 2 heterocycles. The van der Waals surface area contributed by atoms with Gasteiger partial charge in [0.15, 0.2) is 0 Å². The molecule has 2 aromatic rings. The van der Waals surface area contributed by atoms with Crippen LogP contribution in [-0.4, -0.2) is 51.2 Å². The van der Waals surface area contributed by atoms with Crippen LogP contribution >= 0.6 is 0 Å². The van der Waals surface area contributed by atoms with Crippen molar-refractivity contribution in [3.05, 3.63) is 35.3 Å². The molecule has 1 fully saturated rings. The van der Waals surface area contributed by atoms with E-state index in [1.807, 2.05) is 6.92 Å². The number of benzene rings is 1. The lowest BCUT2D eigenvalue weighted by Gasteiger charge is -2.16. The monoisotopic (exact) mass is 334 g/mol. The van der Waals surface area contributed by atoms with Crippen LogP contribution in [0.15, 0.2) is 18.2 Å². The molecule has 0 spiro atoms. The molecule has 7 heteroatoms. The predicted molar refractivity (Wildman–Crippen MR) is 85.0 cm³/mol. The van der Waals surface area contributed by atoms with Crippen molar-refractivity contribution in [3.8, 4) is 0 Å². The number of halogens is 1. The van der Waals surface area contributed by atoms with E-state index in [-0.39, 0.29) is 37.7 Å². The molecule has 0 saturated carbocycles. The van der Waals surface area contributed by atoms with E-state index in [1.165, 1.54) is 17.0 Å². The van der Waals surface area contributed by atoms with Crippen LogP contribution < -0.4 is 0 Å². The molecule has 1 aromatic heterocycles. The van der Waals surface area contributed by atoms with E-state index in [0.717, 1.165) is 16.8 Å². The largest absolute Gasteiger partial charge is 0.481 e. The van der Waals surface area contributed by atoms with Gasteiger partial charge in [-0.1, -0.05) is 0 Å². The molecule has 0 aliphatic carbocycles. The first-order valence-electron chi connectivity index (χ1n) is 7.79. The van der Waals surface area contributed by atoms with E-state index in [1.54, 1.807) is 6.07 Å². The number of likely N-dealkylation sites (tertiary alicyclic amines) is 1. The highest BCUT2D eigenvalue weighted by Gasteiger charge is 2.35. The fraction of sp³-hybridized carbons (Fsp3) is 0.412. The highest BCUT2D eigenvalue weighted by atomic mass is 19.1. The number of aliphatic hydroxyl groups is 1. The Bertz CT molecular complexity index is 801. The summed E-state index contributed by atoms with van der Waals surface area (Å²) in [6, 6.07) is 4.39. The molecule has 6 nitrogen and oxygen atoms in total. The Morgan fingerprint density at radius 2 is 2.12 bits per heavy atom. The fourth-order valence-corrected chi connectivity index (χ4v) is 3.33. The van der Waals surface area contributed by atoms with Gasteiger partial charge in [-0.25, -0.2) is 4.39 Å². The number of carboxylic acids is 1. The predicted octanol–water partition coefficient (Wildman–Crippen LogP) is 1.45. The number of nitrogens with one attached hydrogen (secondary N) is 1. The zero-order valence-electron chi connectivity index (χ0n) is 13.3. The van der Waals surface area contributed by atoms with Crippen molar-refractivity contribution < 1.29 is 24.2 Å². The summed E-state index contributed by atoms with van der Waals surface area (Å²) in [7, 11) is 0. The van der Waals surface area contributed by atoms with Gasteiger partial charge >= 0.3 is 5.97 Å². The SMILES string of the molecule is Cc1[nH]c2ccc(F)cc2c1CC(=O)N1C[C@@H](CC(=O)O)[C@H](O)C1. The molecular weight excluding hydrogens is 315 g/mol. The minimum absolute atomic E-state index is 0.0851. The van der Waals surface area contributed by atoms with E-state index in [0.29, 0.717) is 5.39 Å². The number of hydrogen-bond acceptors (Lipinski definition) is 3. The van der Waals surface area contributed by atoms with Gasteiger partial charge in [0.1, 0.15) is 5.82 Å². The smallest absolute Gasteiger partial charge is 0.303 e. The van der Waals surface area contributed by atoms with Crippen molar-refractivity contribution >= 4 is 22.8 Å². The molecule has 0 unspecified atom stereocenters. The summed E-state index contributed by atoms with van der Waals surface area (Å²) in [5.41, 5.74) is 2.29. The number of rotatable bonds is 4. The normalized spacial score (nSPS) is 20.7. The summed E-state index contributed by atoms with van der Waals surface area (Å²) in [6.07, 6.45) is -0.907. The van der Waals surface area contributed by atoms with Crippen LogP contribution in [0.1, 0.15) is 17.7 Å². The van der Waals surface area contributed by atoms with Gasteiger partial charge in [-0.2, -0.15) is 0 Å². The van der Waals surface area contributed by atoms with Crippen LogP contribution in [0, 0.1) is 18.7 Å². The van der Waals surface area contributed by atoms with Gasteiger partial charge in [-0.3, -0.25) is 9.59 Å². The second-order valence-corrected chi connectivity index (χ2v) is 6.32. The van der Waals surface area contributed by atoms with Crippen molar-refractivity contribution in [3.63, 3.8) is 0 Å². The molecule has 3 rings (SSSR count). The zero-order chi connectivity index (χ0) is 17.4. The molecule has 0 radical (unpaired) electrons. The lowest BCUT2D eigenvalue weighted by Crippen LogP contribution is -2.31. The van der Waals surface area contributed by atoms with Crippen molar-refractivity contribution in [2.75, 3.05) is 13.1 Å². The number of β-amino-alcohol motifs (C(OH)–C–C–N with tert-alkyl or cyclic N) is 1. The van der Waals surface area contributed by atoms with E-state index in [4.69, 9.17) is 5.11 Å². The van der Waals surface area contributed by atoms with Crippen LogP contribution in [0.25, 0.3) is 10.9 Å². The molecule has 1 aliphatic heterocycles. The number of H-pyrrole nitrogens is 1. The van der Waals surface area contributed by atoms with E-state index in [9.17, 15) is 19.1 Å². The Hall–Kier alpha value is -2.41. The van der Waals surface area contributed by atoms with Gasteiger partial charge in [0, 0.05) is 35.6 Å². The number of aryl methyl sites for hydroxylation is 1. The topological polar surface area (TPSA) is 93.6 Å². The van der Waals surface area contributed by atoms with Gasteiger partial charge in [-0.15, -0.1) is 0 Å². The Morgan fingerprint density at radius 3 is 2.83 bits per heavy atom. The van der Waals surface area contributed by atoms with E-state index < -0.39 is 18.0 Å². The number of carbonyl (C=O) groups is 2. The number of carbonyl (C=O) groups excluding carboxylic acids is 1. The van der Waals surface area contributed by atoms with Crippen molar-refractivity contribution in [1.29, 1.82) is 0 Å². The maximum absolute atomic E-state index is 13.5. The van der Waals surface area contributed by atoms with Crippen LogP contribution in [-0.2, 0) is 16.0 Å². The summed E-state index contributed by atoms with van der Waals surface area (Å²) in [5.74, 6) is -2.01. The third kappa shape index (κ3) is 3.12. The molecule has 1 amide bonds. The van der Waals surface area contributed by atoms with Crippen molar-refractivity contribution in [2.24, 2.45) is 5.92 Å². The van der Waals surface area contributed by atoms with Crippen molar-refractivity contribution in [2.45, 2.75) is 25.9 Å². The standard InChI is InChI=1S/C17H19FN2O4/c1-9-12(13-5-11(18)2-3-14(13)19-9)6-16(22)20-7-10(4-17(23)24)15(21)8-20/h2-3,5,10,15,19,21H,4,6-8H2,1H3,(H,23,24)/t10-,15-/m1/s1. The van der Waals surface area contributed by atoms with E-state index in [2.05, 4.69) is 4.98 Å². The van der Waals surface area contributed by atoms with Gasteiger partial charge in [-0.05, 0) is 30.7 Å².